The van der Waals surface area contributed by atoms with E-state index in [-0.39, 0.29) is 30.5 Å². The molecule has 2 aromatic carbocycles. The van der Waals surface area contributed by atoms with Gasteiger partial charge in [-0.1, -0.05) is 36.4 Å². The van der Waals surface area contributed by atoms with E-state index in [1.165, 1.54) is 40.9 Å². The molecule has 2 amide bonds. The predicted molar refractivity (Wildman–Crippen MR) is 152 cm³/mol. The van der Waals surface area contributed by atoms with Gasteiger partial charge < -0.3 is 32.2 Å². The van der Waals surface area contributed by atoms with Gasteiger partial charge in [0.2, 0.25) is 11.8 Å². The Morgan fingerprint density at radius 2 is 1.61 bits per heavy atom. The Kier molecular flexibility index (Phi) is 9.92. The van der Waals surface area contributed by atoms with Crippen molar-refractivity contribution in [3.63, 3.8) is 0 Å². The van der Waals surface area contributed by atoms with Crippen LogP contribution in [0.4, 0.5) is 23.0 Å². The maximum Gasteiger partial charge on any atom is 0.673 e. The maximum absolute atomic E-state index is 13.5. The van der Waals surface area contributed by atoms with Crippen LogP contribution in [0.5, 0.6) is 0 Å². The number of carbonyl (C=O) groups excluding carboxylic acids is 3. The van der Waals surface area contributed by atoms with Gasteiger partial charge in [-0.2, -0.15) is 0 Å². The zero-order chi connectivity index (χ0) is 32.1. The fourth-order valence-electron chi connectivity index (χ4n) is 4.99. The van der Waals surface area contributed by atoms with E-state index in [1.54, 1.807) is 0 Å². The molecule has 2 fully saturated rings. The van der Waals surface area contributed by atoms with Crippen LogP contribution in [0, 0.1) is 10.1 Å². The number of hydrogen-bond acceptors (Lipinski definition) is 7. The topological polar surface area (TPSA) is 123 Å². The van der Waals surface area contributed by atoms with E-state index in [0.29, 0.717) is 12.1 Å². The van der Waals surface area contributed by atoms with Gasteiger partial charge in [0.15, 0.2) is 25.0 Å². The van der Waals surface area contributed by atoms with Crippen molar-refractivity contribution < 1.29 is 45.9 Å². The SMILES string of the molecule is C[C@]1(C[n+]2ccccc2)S[C@@H]2[C@H](NC(=O)Cc3ccccc3)C(=O)N2[C@H]1C(=O)OCc1ccc([N+](=O)[O-])cc1.F[B-](F)(F)F. The van der Waals surface area contributed by atoms with E-state index in [1.807, 2.05) is 72.4 Å². The minimum atomic E-state index is -6.00. The number of nitro groups is 1. The van der Waals surface area contributed by atoms with Crippen LogP contribution in [0.2, 0.25) is 0 Å². The number of β-lactam (4-membered cyclic amide) rings is 1. The van der Waals surface area contributed by atoms with Crippen molar-refractivity contribution in [1.82, 2.24) is 10.2 Å². The lowest BCUT2D eigenvalue weighted by Gasteiger charge is -2.43. The van der Waals surface area contributed by atoms with Crippen LogP contribution in [0.15, 0.2) is 85.2 Å². The highest BCUT2D eigenvalue weighted by atomic mass is 32.2. The van der Waals surface area contributed by atoms with Crippen molar-refractivity contribution in [2.75, 3.05) is 0 Å². The number of thioether (sulfide) groups is 1. The molecule has 0 unspecified atom stereocenters. The summed E-state index contributed by atoms with van der Waals surface area (Å²) < 4.78 is 45.8. The van der Waals surface area contributed by atoms with E-state index in [0.717, 1.165) is 5.56 Å². The number of nitro benzene ring substituents is 1. The molecular weight excluding hydrogens is 607 g/mol. The van der Waals surface area contributed by atoms with E-state index < -0.39 is 40.4 Å². The number of carbonyl (C=O) groups is 3. The minimum absolute atomic E-state index is 0.0564. The Hall–Kier alpha value is -4.47. The molecule has 4 atom stereocenters. The van der Waals surface area contributed by atoms with Crippen molar-refractivity contribution in [3.05, 3.63) is 106 Å². The van der Waals surface area contributed by atoms with Crippen molar-refractivity contribution in [2.45, 2.75) is 48.7 Å². The monoisotopic (exact) mass is 634 g/mol. The van der Waals surface area contributed by atoms with Gasteiger partial charge in [0.05, 0.1) is 11.3 Å². The number of amides is 2. The summed E-state index contributed by atoms with van der Waals surface area (Å²) >= 11 is 1.47. The molecule has 0 bridgehead atoms. The number of aromatic nitrogens is 1. The highest BCUT2D eigenvalue weighted by Gasteiger charge is 2.67. The van der Waals surface area contributed by atoms with Gasteiger partial charge in [-0.05, 0) is 30.2 Å². The molecule has 3 aromatic rings. The number of halogens is 4. The summed E-state index contributed by atoms with van der Waals surface area (Å²) in [6.07, 6.45) is 3.93. The van der Waals surface area contributed by atoms with Crippen LogP contribution in [0.25, 0.3) is 0 Å². The molecule has 0 radical (unpaired) electrons. The molecule has 0 spiro atoms. The number of esters is 1. The van der Waals surface area contributed by atoms with Crippen LogP contribution in [0.3, 0.4) is 0 Å². The normalized spacial score (nSPS) is 22.2. The third kappa shape index (κ3) is 8.12. The first-order valence-electron chi connectivity index (χ1n) is 13.3. The molecule has 2 aliphatic rings. The molecule has 0 saturated carbocycles. The maximum atomic E-state index is 13.5. The van der Waals surface area contributed by atoms with Gasteiger partial charge in [-0.25, -0.2) is 9.36 Å². The average molecular weight is 634 g/mol. The van der Waals surface area contributed by atoms with E-state index >= 15 is 0 Å². The molecule has 16 heteroatoms. The van der Waals surface area contributed by atoms with Gasteiger partial charge in [0.1, 0.15) is 22.8 Å². The summed E-state index contributed by atoms with van der Waals surface area (Å²) in [5.41, 5.74) is 1.38. The van der Waals surface area contributed by atoms with Crippen LogP contribution in [-0.4, -0.2) is 57.1 Å². The number of hydrogen-bond donors (Lipinski definition) is 1. The average Bonchev–Trinajstić information content (AvgIpc) is 3.24. The first kappa shape index (κ1) is 32.4. The summed E-state index contributed by atoms with van der Waals surface area (Å²) in [7, 11) is -6.00. The van der Waals surface area contributed by atoms with Crippen molar-refractivity contribution in [1.29, 1.82) is 0 Å². The number of fused-ring (bicyclic) bond motifs is 1. The number of nitrogens with zero attached hydrogens (tertiary/aromatic N) is 3. The smallest absolute Gasteiger partial charge is 0.459 e. The molecule has 5 rings (SSSR count). The number of non-ortho nitro benzene ring substituents is 1. The second kappa shape index (κ2) is 13.4. The van der Waals surface area contributed by atoms with Gasteiger partial charge in [0, 0.05) is 24.3 Å². The molecule has 1 aromatic heterocycles. The summed E-state index contributed by atoms with van der Waals surface area (Å²) in [5.74, 6) is -1.15. The second-order valence-electron chi connectivity index (χ2n) is 10.3. The highest BCUT2D eigenvalue weighted by Crippen LogP contribution is 2.51. The Morgan fingerprint density at radius 3 is 2.20 bits per heavy atom. The lowest BCUT2D eigenvalue weighted by molar-refractivity contribution is -0.700. The highest BCUT2D eigenvalue weighted by molar-refractivity contribution is 8.01. The Bertz CT molecular complexity index is 1500. The zero-order valence-electron chi connectivity index (χ0n) is 23.2. The molecule has 44 heavy (non-hydrogen) atoms. The molecule has 232 valence electrons. The lowest BCUT2D eigenvalue weighted by atomic mass is 9.94. The van der Waals surface area contributed by atoms with Gasteiger partial charge in [-0.3, -0.25) is 19.7 Å². The molecule has 3 heterocycles. The fraction of sp³-hybridized carbons (Fsp3) is 0.286. The predicted octanol–water partition coefficient (Wildman–Crippen LogP) is 3.70. The zero-order valence-corrected chi connectivity index (χ0v) is 24.0. The number of benzene rings is 2. The number of pyridine rings is 1. The first-order valence-corrected chi connectivity index (χ1v) is 14.2. The first-order chi connectivity index (χ1) is 20.7. The molecule has 2 saturated heterocycles. The van der Waals surface area contributed by atoms with Crippen LogP contribution >= 0.6 is 11.8 Å². The number of ether oxygens (including phenoxy) is 1. The lowest BCUT2D eigenvalue weighted by Crippen LogP contribution is -2.71. The summed E-state index contributed by atoms with van der Waals surface area (Å²) in [6, 6.07) is 19.1. The van der Waals surface area contributed by atoms with Crippen LogP contribution in [-0.2, 0) is 38.7 Å². The van der Waals surface area contributed by atoms with Crippen molar-refractivity contribution in [2.24, 2.45) is 0 Å². The standard InChI is InChI=1S/C28H26N4O6S.BF4/c1-28(18-30-14-6-3-7-15-30)24(27(35)38-17-20-10-12-21(13-11-20)32(36)37)31-25(34)23(26(31)39-28)29-22(33)16-19-8-4-2-5-9-19;2-1(3,4)5/h2-15,23-24,26H,16-18H2,1H3;/q;-1/p+1/t23-,24+,26-,28-;/m1./s1. The quantitative estimate of drug-likeness (QED) is 0.0725. The van der Waals surface area contributed by atoms with Gasteiger partial charge in [-0.15, -0.1) is 11.8 Å². The Labute approximate surface area is 253 Å². The van der Waals surface area contributed by atoms with E-state index in [2.05, 4.69) is 5.32 Å². The molecule has 2 aliphatic heterocycles. The third-order valence-corrected chi connectivity index (χ3v) is 8.51. The van der Waals surface area contributed by atoms with Crippen molar-refractivity contribution >= 4 is 42.5 Å². The van der Waals surface area contributed by atoms with E-state index in [4.69, 9.17) is 4.74 Å². The molecular formula is C28H27BF4N4O6S. The minimum Gasteiger partial charge on any atom is -0.459 e. The summed E-state index contributed by atoms with van der Waals surface area (Å²) in [6.45, 7) is 2.27. The number of nitrogens with one attached hydrogen (secondary N) is 1. The van der Waals surface area contributed by atoms with Crippen molar-refractivity contribution in [3.8, 4) is 0 Å². The summed E-state index contributed by atoms with van der Waals surface area (Å²) in [5, 5.41) is 13.4. The molecule has 1 N–H and O–H groups in total. The number of rotatable bonds is 9. The van der Waals surface area contributed by atoms with Gasteiger partial charge in [0.25, 0.3) is 5.69 Å². The van der Waals surface area contributed by atoms with E-state index in [9.17, 15) is 41.8 Å². The largest absolute Gasteiger partial charge is 0.673 e. The third-order valence-electron chi connectivity index (χ3n) is 6.88. The Morgan fingerprint density at radius 1 is 1.02 bits per heavy atom. The van der Waals surface area contributed by atoms with Gasteiger partial charge >= 0.3 is 13.2 Å². The molecule has 10 nitrogen and oxygen atoms in total. The summed E-state index contributed by atoms with van der Waals surface area (Å²) in [4.78, 5) is 51.4. The van der Waals surface area contributed by atoms with Crippen LogP contribution in [0.1, 0.15) is 18.1 Å². The Balaban J connectivity index is 0.000000818. The molecule has 0 aliphatic carbocycles. The van der Waals surface area contributed by atoms with Crippen LogP contribution < -0.4 is 9.88 Å². The fourth-order valence-corrected chi connectivity index (χ4v) is 6.77. The second-order valence-corrected chi connectivity index (χ2v) is 11.9.